The van der Waals surface area contributed by atoms with Crippen LogP contribution in [0.1, 0.15) is 5.56 Å². The maximum Gasteiger partial charge on any atom is 0.243 e. The minimum Gasteiger partial charge on any atom is -0.376 e. The highest BCUT2D eigenvalue weighted by atomic mass is 35.5. The van der Waals surface area contributed by atoms with Crippen LogP contribution in [0.25, 0.3) is 0 Å². The lowest BCUT2D eigenvalue weighted by atomic mass is 10.2. The summed E-state index contributed by atoms with van der Waals surface area (Å²) in [6, 6.07) is 13.8. The van der Waals surface area contributed by atoms with Crippen LogP contribution in [0.2, 0.25) is 10.0 Å². The monoisotopic (exact) mass is 319 g/mol. The van der Waals surface area contributed by atoms with Crippen molar-refractivity contribution in [3.05, 3.63) is 58.1 Å². The van der Waals surface area contributed by atoms with E-state index in [9.17, 15) is 4.79 Å². The molecule has 0 aromatic heterocycles. The summed E-state index contributed by atoms with van der Waals surface area (Å²) in [6.45, 7) is 0.0629. The van der Waals surface area contributed by atoms with E-state index < -0.39 is 0 Å². The van der Waals surface area contributed by atoms with Crippen molar-refractivity contribution >= 4 is 40.5 Å². The Hall–Kier alpha value is -2.22. The van der Waals surface area contributed by atoms with Gasteiger partial charge in [-0.25, -0.2) is 0 Å². The molecule has 0 radical (unpaired) electrons. The van der Waals surface area contributed by atoms with Crippen LogP contribution in [0.3, 0.4) is 0 Å². The van der Waals surface area contributed by atoms with Gasteiger partial charge in [-0.2, -0.15) is 5.26 Å². The van der Waals surface area contributed by atoms with Crippen LogP contribution in [-0.2, 0) is 4.79 Å². The van der Waals surface area contributed by atoms with E-state index >= 15 is 0 Å². The predicted molar refractivity (Wildman–Crippen MR) is 84.7 cm³/mol. The minimum atomic E-state index is -0.233. The molecule has 0 spiro atoms. The molecule has 1 amide bonds. The lowest BCUT2D eigenvalue weighted by Crippen LogP contribution is -2.21. The molecule has 4 nitrogen and oxygen atoms in total. The molecule has 0 saturated heterocycles. The molecule has 2 aromatic carbocycles. The highest BCUT2D eigenvalue weighted by Crippen LogP contribution is 2.21. The number of nitrogens with one attached hydrogen (secondary N) is 2. The molecule has 0 saturated carbocycles. The molecule has 0 atom stereocenters. The molecular formula is C15H11Cl2N3O. The zero-order valence-electron chi connectivity index (χ0n) is 10.9. The number of carbonyl (C=O) groups is 1. The van der Waals surface area contributed by atoms with E-state index in [1.165, 1.54) is 0 Å². The molecule has 0 unspecified atom stereocenters. The van der Waals surface area contributed by atoms with Gasteiger partial charge >= 0.3 is 0 Å². The number of carbonyl (C=O) groups excluding carboxylic acids is 1. The average Bonchev–Trinajstić information content (AvgIpc) is 2.48. The summed E-state index contributed by atoms with van der Waals surface area (Å²) in [5.41, 5.74) is 1.61. The lowest BCUT2D eigenvalue weighted by molar-refractivity contribution is -0.114. The summed E-state index contributed by atoms with van der Waals surface area (Å²) < 4.78 is 0. The molecule has 2 rings (SSSR count). The van der Waals surface area contributed by atoms with E-state index in [1.54, 1.807) is 42.5 Å². The van der Waals surface area contributed by atoms with E-state index in [4.69, 9.17) is 28.5 Å². The summed E-state index contributed by atoms with van der Waals surface area (Å²) in [5, 5.41) is 15.2. The fraction of sp³-hybridized carbons (Fsp3) is 0.0667. The minimum absolute atomic E-state index is 0.0629. The number of rotatable bonds is 4. The number of anilines is 2. The third-order valence-corrected chi connectivity index (χ3v) is 3.33. The number of benzene rings is 2. The number of halogens is 2. The van der Waals surface area contributed by atoms with Gasteiger partial charge in [0.2, 0.25) is 5.91 Å². The van der Waals surface area contributed by atoms with Gasteiger partial charge in [-0.05, 0) is 30.3 Å². The summed E-state index contributed by atoms with van der Waals surface area (Å²) in [6.07, 6.45) is 0. The Bertz CT molecular complexity index is 710. The highest BCUT2D eigenvalue weighted by molar-refractivity contribution is 6.33. The van der Waals surface area contributed by atoms with Crippen molar-refractivity contribution in [1.82, 2.24) is 0 Å². The van der Waals surface area contributed by atoms with Crippen LogP contribution in [0.5, 0.6) is 0 Å². The Kier molecular flexibility index (Phi) is 5.04. The van der Waals surface area contributed by atoms with Crippen molar-refractivity contribution in [2.24, 2.45) is 0 Å². The van der Waals surface area contributed by atoms with Crippen molar-refractivity contribution in [2.45, 2.75) is 0 Å². The van der Waals surface area contributed by atoms with Crippen LogP contribution in [-0.4, -0.2) is 12.5 Å². The van der Waals surface area contributed by atoms with Crippen molar-refractivity contribution < 1.29 is 4.79 Å². The Morgan fingerprint density at radius 2 is 1.90 bits per heavy atom. The Morgan fingerprint density at radius 3 is 2.57 bits per heavy atom. The van der Waals surface area contributed by atoms with Crippen LogP contribution in [0, 0.1) is 11.3 Å². The second-order valence-corrected chi connectivity index (χ2v) is 5.00. The van der Waals surface area contributed by atoms with Crippen LogP contribution in [0.15, 0.2) is 42.5 Å². The molecule has 0 heterocycles. The van der Waals surface area contributed by atoms with Gasteiger partial charge in [-0.3, -0.25) is 4.79 Å². The Morgan fingerprint density at radius 1 is 1.14 bits per heavy atom. The molecule has 21 heavy (non-hydrogen) atoms. The average molecular weight is 320 g/mol. The van der Waals surface area contributed by atoms with Gasteiger partial charge < -0.3 is 10.6 Å². The van der Waals surface area contributed by atoms with E-state index in [0.717, 1.165) is 0 Å². The zero-order chi connectivity index (χ0) is 15.2. The van der Waals surface area contributed by atoms with Crippen LogP contribution < -0.4 is 10.6 Å². The Balaban J connectivity index is 1.94. The van der Waals surface area contributed by atoms with Crippen molar-refractivity contribution in [2.75, 3.05) is 17.2 Å². The second kappa shape index (κ2) is 6.98. The summed E-state index contributed by atoms with van der Waals surface area (Å²) in [7, 11) is 0. The molecule has 2 aromatic rings. The van der Waals surface area contributed by atoms with Gasteiger partial charge in [0.25, 0.3) is 0 Å². The molecule has 0 bridgehead atoms. The topological polar surface area (TPSA) is 64.9 Å². The van der Waals surface area contributed by atoms with Crippen molar-refractivity contribution in [1.29, 1.82) is 5.26 Å². The molecule has 0 aliphatic heterocycles. The molecule has 2 N–H and O–H groups in total. The number of hydrogen-bond acceptors (Lipinski definition) is 3. The normalized spacial score (nSPS) is 9.76. The summed E-state index contributed by atoms with van der Waals surface area (Å²) in [5.74, 6) is -0.233. The first-order valence-electron chi connectivity index (χ1n) is 6.08. The quantitative estimate of drug-likeness (QED) is 0.897. The van der Waals surface area contributed by atoms with Crippen LogP contribution >= 0.6 is 23.2 Å². The van der Waals surface area contributed by atoms with Gasteiger partial charge in [0.05, 0.1) is 27.8 Å². The number of amides is 1. The van der Waals surface area contributed by atoms with Gasteiger partial charge in [-0.15, -0.1) is 0 Å². The molecule has 0 aliphatic rings. The van der Waals surface area contributed by atoms with E-state index in [0.29, 0.717) is 27.0 Å². The standard InChI is InChI=1S/C15H11Cl2N3O/c16-12-3-1-2-4-14(12)20-15(21)9-19-11-6-5-10(8-18)13(17)7-11/h1-7,19H,9H2,(H,20,21). The van der Waals surface area contributed by atoms with Gasteiger partial charge in [0, 0.05) is 5.69 Å². The van der Waals surface area contributed by atoms with E-state index in [1.807, 2.05) is 6.07 Å². The maximum atomic E-state index is 11.8. The number of nitrogens with zero attached hydrogens (tertiary/aromatic N) is 1. The summed E-state index contributed by atoms with van der Waals surface area (Å²) >= 11 is 11.9. The second-order valence-electron chi connectivity index (χ2n) is 4.19. The molecule has 0 fully saturated rings. The van der Waals surface area contributed by atoms with E-state index in [-0.39, 0.29) is 12.5 Å². The van der Waals surface area contributed by atoms with Crippen molar-refractivity contribution in [3.8, 4) is 6.07 Å². The van der Waals surface area contributed by atoms with Crippen LogP contribution in [0.4, 0.5) is 11.4 Å². The van der Waals surface area contributed by atoms with Gasteiger partial charge in [0.15, 0.2) is 0 Å². The van der Waals surface area contributed by atoms with Gasteiger partial charge in [-0.1, -0.05) is 35.3 Å². The molecular weight excluding hydrogens is 309 g/mol. The highest BCUT2D eigenvalue weighted by Gasteiger charge is 2.06. The molecule has 0 aliphatic carbocycles. The third-order valence-electron chi connectivity index (χ3n) is 2.69. The lowest BCUT2D eigenvalue weighted by Gasteiger charge is -2.09. The SMILES string of the molecule is N#Cc1ccc(NCC(=O)Nc2ccccc2Cl)cc1Cl. The Labute approximate surface area is 132 Å². The number of nitriles is 1. The van der Waals surface area contributed by atoms with E-state index in [2.05, 4.69) is 10.6 Å². The fourth-order valence-electron chi connectivity index (χ4n) is 1.66. The maximum absolute atomic E-state index is 11.8. The largest absolute Gasteiger partial charge is 0.376 e. The predicted octanol–water partition coefficient (Wildman–Crippen LogP) is 3.92. The number of hydrogen-bond donors (Lipinski definition) is 2. The smallest absolute Gasteiger partial charge is 0.243 e. The van der Waals surface area contributed by atoms with Crippen molar-refractivity contribution in [3.63, 3.8) is 0 Å². The molecule has 106 valence electrons. The first-order valence-corrected chi connectivity index (χ1v) is 6.83. The van der Waals surface area contributed by atoms with Gasteiger partial charge in [0.1, 0.15) is 6.07 Å². The fourth-order valence-corrected chi connectivity index (χ4v) is 2.06. The zero-order valence-corrected chi connectivity index (χ0v) is 12.4. The molecule has 6 heteroatoms. The number of para-hydroxylation sites is 1. The first-order chi connectivity index (χ1) is 10.1. The third kappa shape index (κ3) is 4.12. The first kappa shape index (κ1) is 15.2. The summed E-state index contributed by atoms with van der Waals surface area (Å²) in [4.78, 5) is 11.8.